The number of ether oxygens (including phenoxy) is 1. The Morgan fingerprint density at radius 1 is 1.50 bits per heavy atom. The fourth-order valence-corrected chi connectivity index (χ4v) is 2.19. The van der Waals surface area contributed by atoms with Crippen LogP contribution in [0, 0.1) is 5.92 Å². The largest absolute Gasteiger partial charge is 0.462 e. The van der Waals surface area contributed by atoms with E-state index in [0.717, 1.165) is 31.2 Å². The number of nitrogens with zero attached hydrogens (tertiary/aromatic N) is 2. The molecule has 1 saturated carbocycles. The first-order valence-electron chi connectivity index (χ1n) is 7.33. The standard InChI is InChI=1S/C15H23N3O2/c1-3-7-18(10-11-5-6-11)14-8-12(13(16)9-17-14)15(19)20-4-2/h8-9,11H,3-7,10,16H2,1-2H3. The molecule has 2 N–H and O–H groups in total. The number of aromatic nitrogens is 1. The van der Waals surface area contributed by atoms with Gasteiger partial charge in [0.05, 0.1) is 24.1 Å². The van der Waals surface area contributed by atoms with Crippen molar-refractivity contribution in [2.24, 2.45) is 5.92 Å². The smallest absolute Gasteiger partial charge is 0.340 e. The Hall–Kier alpha value is -1.78. The molecule has 1 heterocycles. The van der Waals surface area contributed by atoms with E-state index < -0.39 is 0 Å². The van der Waals surface area contributed by atoms with Crippen molar-refractivity contribution in [3.05, 3.63) is 17.8 Å². The molecule has 0 atom stereocenters. The number of nitrogens with two attached hydrogens (primary N) is 1. The van der Waals surface area contributed by atoms with E-state index in [1.807, 2.05) is 0 Å². The fraction of sp³-hybridized carbons (Fsp3) is 0.600. The minimum atomic E-state index is -0.378. The maximum Gasteiger partial charge on any atom is 0.340 e. The minimum absolute atomic E-state index is 0.344. The highest BCUT2D eigenvalue weighted by Crippen LogP contribution is 2.31. The van der Waals surface area contributed by atoms with Crippen molar-refractivity contribution >= 4 is 17.5 Å². The number of pyridine rings is 1. The summed E-state index contributed by atoms with van der Waals surface area (Å²) >= 11 is 0. The molecule has 0 saturated heterocycles. The van der Waals surface area contributed by atoms with Gasteiger partial charge < -0.3 is 15.4 Å². The molecule has 20 heavy (non-hydrogen) atoms. The van der Waals surface area contributed by atoms with Gasteiger partial charge >= 0.3 is 5.97 Å². The van der Waals surface area contributed by atoms with Crippen molar-refractivity contribution in [3.8, 4) is 0 Å². The van der Waals surface area contributed by atoms with Gasteiger partial charge in [0.25, 0.3) is 0 Å². The van der Waals surface area contributed by atoms with E-state index in [4.69, 9.17) is 10.5 Å². The number of anilines is 2. The van der Waals surface area contributed by atoms with Gasteiger partial charge in [0, 0.05) is 13.1 Å². The van der Waals surface area contributed by atoms with Gasteiger partial charge in [-0.25, -0.2) is 9.78 Å². The van der Waals surface area contributed by atoms with Crippen LogP contribution in [0.4, 0.5) is 11.5 Å². The van der Waals surface area contributed by atoms with Crippen molar-refractivity contribution in [2.45, 2.75) is 33.1 Å². The molecule has 0 aromatic carbocycles. The Morgan fingerprint density at radius 3 is 2.85 bits per heavy atom. The van der Waals surface area contributed by atoms with Crippen molar-refractivity contribution in [3.63, 3.8) is 0 Å². The lowest BCUT2D eigenvalue weighted by Crippen LogP contribution is -2.28. The van der Waals surface area contributed by atoms with Crippen LogP contribution in [0.2, 0.25) is 0 Å². The molecule has 0 spiro atoms. The zero-order chi connectivity index (χ0) is 14.5. The number of esters is 1. The van der Waals surface area contributed by atoms with Gasteiger partial charge in [-0.3, -0.25) is 0 Å². The molecule has 0 amide bonds. The second-order valence-corrected chi connectivity index (χ2v) is 5.24. The van der Waals surface area contributed by atoms with Crippen LogP contribution in [0.1, 0.15) is 43.5 Å². The molecule has 110 valence electrons. The van der Waals surface area contributed by atoms with Crippen LogP contribution in [0.5, 0.6) is 0 Å². The minimum Gasteiger partial charge on any atom is -0.462 e. The van der Waals surface area contributed by atoms with Gasteiger partial charge in [-0.05, 0) is 38.2 Å². The summed E-state index contributed by atoms with van der Waals surface area (Å²) in [5.41, 5.74) is 6.61. The molecule has 2 rings (SSSR count). The van der Waals surface area contributed by atoms with Crippen molar-refractivity contribution in [1.29, 1.82) is 0 Å². The predicted molar refractivity (Wildman–Crippen MR) is 79.8 cm³/mol. The third-order valence-corrected chi connectivity index (χ3v) is 3.41. The molecule has 0 unspecified atom stereocenters. The SMILES string of the molecule is CCCN(CC1CC1)c1cc(C(=O)OCC)c(N)cn1. The third-order valence-electron chi connectivity index (χ3n) is 3.41. The highest BCUT2D eigenvalue weighted by Gasteiger charge is 2.25. The van der Waals surface area contributed by atoms with Crippen LogP contribution < -0.4 is 10.6 Å². The van der Waals surface area contributed by atoms with Gasteiger partial charge in [-0.15, -0.1) is 0 Å². The van der Waals surface area contributed by atoms with Crippen LogP contribution in [0.3, 0.4) is 0 Å². The van der Waals surface area contributed by atoms with E-state index in [0.29, 0.717) is 17.9 Å². The highest BCUT2D eigenvalue weighted by atomic mass is 16.5. The monoisotopic (exact) mass is 277 g/mol. The van der Waals surface area contributed by atoms with E-state index >= 15 is 0 Å². The number of hydrogen-bond donors (Lipinski definition) is 1. The molecule has 5 nitrogen and oxygen atoms in total. The summed E-state index contributed by atoms with van der Waals surface area (Å²) in [7, 11) is 0. The lowest BCUT2D eigenvalue weighted by atomic mass is 10.2. The van der Waals surface area contributed by atoms with Crippen LogP contribution in [-0.2, 0) is 4.74 Å². The first-order valence-corrected chi connectivity index (χ1v) is 7.33. The first kappa shape index (κ1) is 14.6. The van der Waals surface area contributed by atoms with Gasteiger partial charge in [0.15, 0.2) is 0 Å². The van der Waals surface area contributed by atoms with Crippen LogP contribution in [0.25, 0.3) is 0 Å². The summed E-state index contributed by atoms with van der Waals surface area (Å²) in [5.74, 6) is 1.21. The van der Waals surface area contributed by atoms with Crippen molar-refractivity contribution < 1.29 is 9.53 Å². The average Bonchev–Trinajstić information content (AvgIpc) is 3.23. The zero-order valence-electron chi connectivity index (χ0n) is 12.3. The molecule has 1 aromatic heterocycles. The van der Waals surface area contributed by atoms with Gasteiger partial charge in [-0.1, -0.05) is 6.92 Å². The molecule has 1 aliphatic carbocycles. The Labute approximate surface area is 120 Å². The van der Waals surface area contributed by atoms with Crippen molar-refractivity contribution in [2.75, 3.05) is 30.3 Å². The predicted octanol–water partition coefficient (Wildman–Crippen LogP) is 2.47. The van der Waals surface area contributed by atoms with E-state index in [1.165, 1.54) is 12.8 Å². The Kier molecular flexibility index (Phi) is 4.82. The number of carbonyl (C=O) groups is 1. The van der Waals surface area contributed by atoms with Crippen LogP contribution >= 0.6 is 0 Å². The first-order chi connectivity index (χ1) is 9.65. The molecular formula is C15H23N3O2. The molecule has 0 aliphatic heterocycles. The summed E-state index contributed by atoms with van der Waals surface area (Å²) < 4.78 is 5.03. The second kappa shape index (κ2) is 6.59. The summed E-state index contributed by atoms with van der Waals surface area (Å²) in [4.78, 5) is 18.5. The van der Waals surface area contributed by atoms with E-state index in [9.17, 15) is 4.79 Å². The van der Waals surface area contributed by atoms with Gasteiger partial charge in [0.1, 0.15) is 5.82 Å². The average molecular weight is 277 g/mol. The normalized spacial score (nSPS) is 14.1. The maximum absolute atomic E-state index is 11.9. The van der Waals surface area contributed by atoms with Crippen molar-refractivity contribution in [1.82, 2.24) is 4.98 Å². The van der Waals surface area contributed by atoms with E-state index in [1.54, 1.807) is 19.2 Å². The van der Waals surface area contributed by atoms with E-state index in [2.05, 4.69) is 16.8 Å². The molecule has 0 radical (unpaired) electrons. The van der Waals surface area contributed by atoms with Crippen LogP contribution in [0.15, 0.2) is 12.3 Å². The van der Waals surface area contributed by atoms with Gasteiger partial charge in [-0.2, -0.15) is 0 Å². The molecule has 1 aliphatic rings. The third kappa shape index (κ3) is 3.62. The molecule has 0 bridgehead atoms. The summed E-state index contributed by atoms with van der Waals surface area (Å²) in [6, 6.07) is 1.76. The lowest BCUT2D eigenvalue weighted by Gasteiger charge is -2.23. The molecule has 5 heteroatoms. The zero-order valence-corrected chi connectivity index (χ0v) is 12.3. The number of nitrogen functional groups attached to an aromatic ring is 1. The topological polar surface area (TPSA) is 68.5 Å². The molecule has 1 fully saturated rings. The number of rotatable bonds is 7. The Balaban J connectivity index is 2.20. The summed E-state index contributed by atoms with van der Waals surface area (Å²) in [6.07, 6.45) is 5.19. The Morgan fingerprint density at radius 2 is 2.25 bits per heavy atom. The summed E-state index contributed by atoms with van der Waals surface area (Å²) in [5, 5.41) is 0. The number of carbonyl (C=O) groups excluding carboxylic acids is 1. The second-order valence-electron chi connectivity index (χ2n) is 5.24. The van der Waals surface area contributed by atoms with Crippen LogP contribution in [-0.4, -0.2) is 30.6 Å². The maximum atomic E-state index is 11.9. The lowest BCUT2D eigenvalue weighted by molar-refractivity contribution is 0.0527. The van der Waals surface area contributed by atoms with E-state index in [-0.39, 0.29) is 5.97 Å². The Bertz CT molecular complexity index is 472. The quantitative estimate of drug-likeness (QED) is 0.775. The molecule has 1 aromatic rings. The highest BCUT2D eigenvalue weighted by molar-refractivity contribution is 5.95. The fourth-order valence-electron chi connectivity index (χ4n) is 2.19. The van der Waals surface area contributed by atoms with Gasteiger partial charge in [0.2, 0.25) is 0 Å². The summed E-state index contributed by atoms with van der Waals surface area (Å²) in [6.45, 7) is 6.22. The number of hydrogen-bond acceptors (Lipinski definition) is 5. The molecular weight excluding hydrogens is 254 g/mol.